The van der Waals surface area contributed by atoms with Crippen molar-refractivity contribution in [3.8, 4) is 0 Å². The molecule has 0 saturated carbocycles. The second-order valence-corrected chi connectivity index (χ2v) is 4.01. The van der Waals surface area contributed by atoms with Gasteiger partial charge in [-0.3, -0.25) is 9.48 Å². The summed E-state index contributed by atoms with van der Waals surface area (Å²) in [5.74, 6) is 0.320. The third kappa shape index (κ3) is 3.16. The zero-order valence-electron chi connectivity index (χ0n) is 10.1. The molecule has 2 aromatic rings. The highest BCUT2D eigenvalue weighted by atomic mass is 19.1. The third-order valence-corrected chi connectivity index (χ3v) is 2.64. The molecule has 0 radical (unpaired) electrons. The summed E-state index contributed by atoms with van der Waals surface area (Å²) in [7, 11) is 1.76. The Morgan fingerprint density at radius 3 is 2.67 bits per heavy atom. The average molecular weight is 247 g/mol. The molecule has 0 aliphatic rings. The summed E-state index contributed by atoms with van der Waals surface area (Å²) in [6.45, 7) is 0. The maximum Gasteiger partial charge on any atom is 0.225 e. The number of amides is 1. The van der Waals surface area contributed by atoms with Gasteiger partial charge in [0.2, 0.25) is 5.91 Å². The summed E-state index contributed by atoms with van der Waals surface area (Å²) in [6.07, 6.45) is 2.57. The molecule has 4 nitrogen and oxygen atoms in total. The summed E-state index contributed by atoms with van der Waals surface area (Å²) < 4.78 is 14.3. The van der Waals surface area contributed by atoms with Crippen LogP contribution in [0.1, 0.15) is 12.0 Å². The number of carbonyl (C=O) groups is 1. The number of benzene rings is 1. The van der Waals surface area contributed by atoms with Crippen LogP contribution in [0.5, 0.6) is 0 Å². The molecule has 1 N–H and O–H groups in total. The standard InChI is InChI=1S/C13H14FN3O/c1-17-12(8-9-15-17)16-13(18)7-4-10-2-5-11(14)6-3-10/h2-3,5-6,8-9H,4,7H2,1H3,(H,16,18). The van der Waals surface area contributed by atoms with Crippen LogP contribution in [0.15, 0.2) is 36.5 Å². The Morgan fingerprint density at radius 2 is 2.06 bits per heavy atom. The van der Waals surface area contributed by atoms with Crippen molar-refractivity contribution in [1.29, 1.82) is 0 Å². The van der Waals surface area contributed by atoms with Gasteiger partial charge < -0.3 is 5.32 Å². The number of aromatic nitrogens is 2. The Labute approximate surface area is 104 Å². The molecule has 5 heteroatoms. The van der Waals surface area contributed by atoms with Crippen LogP contribution in [0, 0.1) is 5.82 Å². The maximum absolute atomic E-state index is 12.7. The number of halogens is 1. The van der Waals surface area contributed by atoms with E-state index in [4.69, 9.17) is 0 Å². The molecule has 0 saturated heterocycles. The zero-order chi connectivity index (χ0) is 13.0. The van der Waals surface area contributed by atoms with E-state index in [1.807, 2.05) is 0 Å². The molecule has 0 spiro atoms. The van der Waals surface area contributed by atoms with Crippen LogP contribution < -0.4 is 5.32 Å². The van der Waals surface area contributed by atoms with Gasteiger partial charge in [-0.2, -0.15) is 5.10 Å². The van der Waals surface area contributed by atoms with Gasteiger partial charge >= 0.3 is 0 Å². The molecule has 0 atom stereocenters. The van der Waals surface area contributed by atoms with Gasteiger partial charge in [-0.1, -0.05) is 12.1 Å². The Morgan fingerprint density at radius 1 is 1.33 bits per heavy atom. The van der Waals surface area contributed by atoms with Crippen LogP contribution in [0.4, 0.5) is 10.2 Å². The molecule has 0 unspecified atom stereocenters. The van der Waals surface area contributed by atoms with E-state index >= 15 is 0 Å². The van der Waals surface area contributed by atoms with E-state index in [1.54, 1.807) is 36.1 Å². The van der Waals surface area contributed by atoms with E-state index in [0.29, 0.717) is 18.7 Å². The second kappa shape index (κ2) is 5.44. The summed E-state index contributed by atoms with van der Waals surface area (Å²) in [5, 5.41) is 6.72. The van der Waals surface area contributed by atoms with Crippen LogP contribution in [0.25, 0.3) is 0 Å². The molecule has 0 fully saturated rings. The number of anilines is 1. The average Bonchev–Trinajstić information content (AvgIpc) is 2.74. The summed E-state index contributed by atoms with van der Waals surface area (Å²) in [5.41, 5.74) is 0.941. The smallest absolute Gasteiger partial charge is 0.225 e. The SMILES string of the molecule is Cn1nccc1NC(=O)CCc1ccc(F)cc1. The number of nitrogens with one attached hydrogen (secondary N) is 1. The van der Waals surface area contributed by atoms with Gasteiger partial charge in [0.25, 0.3) is 0 Å². The molecular formula is C13H14FN3O. The minimum absolute atomic E-state index is 0.0806. The predicted molar refractivity (Wildman–Crippen MR) is 66.6 cm³/mol. The number of nitrogens with zero attached hydrogens (tertiary/aromatic N) is 2. The molecule has 18 heavy (non-hydrogen) atoms. The Kier molecular flexibility index (Phi) is 3.72. The second-order valence-electron chi connectivity index (χ2n) is 4.01. The normalized spacial score (nSPS) is 10.3. The maximum atomic E-state index is 12.7. The van der Waals surface area contributed by atoms with E-state index in [-0.39, 0.29) is 11.7 Å². The molecule has 0 aliphatic carbocycles. The van der Waals surface area contributed by atoms with Gasteiger partial charge in [-0.25, -0.2) is 4.39 Å². The van der Waals surface area contributed by atoms with Gasteiger partial charge in [0, 0.05) is 19.5 Å². The molecule has 94 valence electrons. The van der Waals surface area contributed by atoms with E-state index in [2.05, 4.69) is 10.4 Å². The largest absolute Gasteiger partial charge is 0.311 e. The highest BCUT2D eigenvalue weighted by Gasteiger charge is 2.05. The van der Waals surface area contributed by atoms with Gasteiger partial charge in [0.1, 0.15) is 11.6 Å². The number of rotatable bonds is 4. The molecule has 1 amide bonds. The van der Waals surface area contributed by atoms with Crippen LogP contribution in [-0.4, -0.2) is 15.7 Å². The lowest BCUT2D eigenvalue weighted by atomic mass is 10.1. The number of hydrogen-bond donors (Lipinski definition) is 1. The van der Waals surface area contributed by atoms with E-state index in [1.165, 1.54) is 12.1 Å². The highest BCUT2D eigenvalue weighted by molar-refractivity contribution is 5.89. The van der Waals surface area contributed by atoms with Crippen molar-refractivity contribution < 1.29 is 9.18 Å². The monoisotopic (exact) mass is 247 g/mol. The third-order valence-electron chi connectivity index (χ3n) is 2.64. The first-order chi connectivity index (χ1) is 8.65. The van der Waals surface area contributed by atoms with Crippen molar-refractivity contribution in [2.75, 3.05) is 5.32 Å². The lowest BCUT2D eigenvalue weighted by molar-refractivity contribution is -0.116. The molecular weight excluding hydrogens is 233 g/mol. The summed E-state index contributed by atoms with van der Waals surface area (Å²) in [6, 6.07) is 7.90. The Balaban J connectivity index is 1.85. The topological polar surface area (TPSA) is 46.9 Å². The van der Waals surface area contributed by atoms with Crippen LogP contribution in [0.2, 0.25) is 0 Å². The Bertz CT molecular complexity index is 533. The van der Waals surface area contributed by atoms with E-state index in [9.17, 15) is 9.18 Å². The van der Waals surface area contributed by atoms with Crippen molar-refractivity contribution >= 4 is 11.7 Å². The molecule has 1 heterocycles. The van der Waals surface area contributed by atoms with Crippen LogP contribution in [0.3, 0.4) is 0 Å². The van der Waals surface area contributed by atoms with Gasteiger partial charge in [-0.05, 0) is 24.1 Å². The van der Waals surface area contributed by atoms with Crippen molar-refractivity contribution in [1.82, 2.24) is 9.78 Å². The fourth-order valence-corrected chi connectivity index (χ4v) is 1.61. The van der Waals surface area contributed by atoms with Crippen molar-refractivity contribution in [2.24, 2.45) is 7.05 Å². The first kappa shape index (κ1) is 12.3. The molecule has 1 aromatic heterocycles. The number of hydrogen-bond acceptors (Lipinski definition) is 2. The van der Waals surface area contributed by atoms with Gasteiger partial charge in [-0.15, -0.1) is 0 Å². The Hall–Kier alpha value is -2.17. The van der Waals surface area contributed by atoms with E-state index in [0.717, 1.165) is 5.56 Å². The minimum Gasteiger partial charge on any atom is -0.311 e. The summed E-state index contributed by atoms with van der Waals surface area (Å²) >= 11 is 0. The highest BCUT2D eigenvalue weighted by Crippen LogP contribution is 2.08. The quantitative estimate of drug-likeness (QED) is 0.899. The fourth-order valence-electron chi connectivity index (χ4n) is 1.61. The zero-order valence-corrected chi connectivity index (χ0v) is 10.1. The van der Waals surface area contributed by atoms with Gasteiger partial charge in [0.15, 0.2) is 0 Å². The first-order valence-corrected chi connectivity index (χ1v) is 5.67. The fraction of sp³-hybridized carbons (Fsp3) is 0.231. The number of aryl methyl sites for hydroxylation is 2. The van der Waals surface area contributed by atoms with Crippen LogP contribution >= 0.6 is 0 Å². The van der Waals surface area contributed by atoms with E-state index < -0.39 is 0 Å². The van der Waals surface area contributed by atoms with Crippen molar-refractivity contribution in [3.63, 3.8) is 0 Å². The predicted octanol–water partition coefficient (Wildman–Crippen LogP) is 2.13. The first-order valence-electron chi connectivity index (χ1n) is 5.67. The lowest BCUT2D eigenvalue weighted by Gasteiger charge is -2.05. The molecule has 0 bridgehead atoms. The number of carbonyl (C=O) groups excluding carboxylic acids is 1. The minimum atomic E-state index is -0.266. The summed E-state index contributed by atoms with van der Waals surface area (Å²) in [4.78, 5) is 11.7. The molecule has 1 aromatic carbocycles. The van der Waals surface area contributed by atoms with Crippen molar-refractivity contribution in [3.05, 3.63) is 47.9 Å². The molecule has 2 rings (SSSR count). The van der Waals surface area contributed by atoms with Crippen LogP contribution in [-0.2, 0) is 18.3 Å². The lowest BCUT2D eigenvalue weighted by Crippen LogP contribution is -2.14. The van der Waals surface area contributed by atoms with Gasteiger partial charge in [0.05, 0.1) is 6.20 Å². The molecule has 0 aliphatic heterocycles. The van der Waals surface area contributed by atoms with Crippen molar-refractivity contribution in [2.45, 2.75) is 12.8 Å².